The Bertz CT molecular complexity index is 307. The lowest BCUT2D eigenvalue weighted by molar-refractivity contribution is -0.127. The summed E-state index contributed by atoms with van der Waals surface area (Å²) in [5.74, 6) is -0.209. The number of amides is 1. The average molecular weight is 285 g/mol. The standard InChI is InChI=1S/C15H31N3O2/c1-5-17-15(14(16)19)9-7-8-13(10-15)18(6-2)12(3)11-20-4/h12-13,17H,5-11H2,1-4H3,(H2,16,19). The SMILES string of the molecule is CCNC1(C(N)=O)CCCC(N(CC)C(C)COC)C1. The molecule has 3 unspecified atom stereocenters. The van der Waals surface area contributed by atoms with Gasteiger partial charge in [0.05, 0.1) is 12.1 Å². The van der Waals surface area contributed by atoms with Crippen molar-refractivity contribution in [2.45, 2.75) is 64.1 Å². The molecule has 1 rings (SSSR count). The summed E-state index contributed by atoms with van der Waals surface area (Å²) in [6.45, 7) is 8.83. The van der Waals surface area contributed by atoms with Crippen LogP contribution in [0.15, 0.2) is 0 Å². The molecule has 0 aliphatic heterocycles. The number of nitrogens with zero attached hydrogens (tertiary/aromatic N) is 1. The number of rotatable bonds is 8. The molecule has 0 aromatic rings. The van der Waals surface area contributed by atoms with E-state index in [0.29, 0.717) is 12.1 Å². The molecule has 0 aromatic heterocycles. The molecule has 0 radical (unpaired) electrons. The number of likely N-dealkylation sites (N-methyl/N-ethyl adjacent to an activating group) is 2. The normalized spacial score (nSPS) is 28.6. The van der Waals surface area contributed by atoms with E-state index in [9.17, 15) is 4.79 Å². The molecule has 0 heterocycles. The molecule has 1 aliphatic rings. The highest BCUT2D eigenvalue weighted by Gasteiger charge is 2.42. The summed E-state index contributed by atoms with van der Waals surface area (Å²) in [5.41, 5.74) is 5.15. The van der Waals surface area contributed by atoms with Crippen molar-refractivity contribution >= 4 is 5.91 Å². The molecule has 5 nitrogen and oxygen atoms in total. The van der Waals surface area contributed by atoms with Crippen molar-refractivity contribution in [3.8, 4) is 0 Å². The van der Waals surface area contributed by atoms with Crippen molar-refractivity contribution in [2.75, 3.05) is 26.8 Å². The van der Waals surface area contributed by atoms with E-state index in [1.165, 1.54) is 0 Å². The van der Waals surface area contributed by atoms with Crippen LogP contribution in [-0.4, -0.2) is 55.2 Å². The monoisotopic (exact) mass is 285 g/mol. The molecule has 20 heavy (non-hydrogen) atoms. The van der Waals surface area contributed by atoms with Crippen LogP contribution >= 0.6 is 0 Å². The molecule has 3 atom stereocenters. The molecular weight excluding hydrogens is 254 g/mol. The molecule has 1 aliphatic carbocycles. The summed E-state index contributed by atoms with van der Waals surface area (Å²) in [7, 11) is 1.73. The zero-order valence-electron chi connectivity index (χ0n) is 13.4. The molecule has 1 amide bonds. The summed E-state index contributed by atoms with van der Waals surface area (Å²) in [4.78, 5) is 14.4. The minimum Gasteiger partial charge on any atom is -0.383 e. The zero-order chi connectivity index (χ0) is 15.2. The molecule has 118 valence electrons. The highest BCUT2D eigenvalue weighted by molar-refractivity contribution is 5.84. The van der Waals surface area contributed by atoms with Gasteiger partial charge in [-0.2, -0.15) is 0 Å². The third-order valence-electron chi connectivity index (χ3n) is 4.52. The number of nitrogens with one attached hydrogen (secondary N) is 1. The average Bonchev–Trinajstić information content (AvgIpc) is 2.40. The number of nitrogens with two attached hydrogens (primary N) is 1. The summed E-state index contributed by atoms with van der Waals surface area (Å²) < 4.78 is 5.28. The second kappa shape index (κ2) is 7.96. The van der Waals surface area contributed by atoms with Crippen molar-refractivity contribution in [1.82, 2.24) is 10.2 Å². The first kappa shape index (κ1) is 17.4. The third-order valence-corrected chi connectivity index (χ3v) is 4.52. The highest BCUT2D eigenvalue weighted by Crippen LogP contribution is 2.32. The van der Waals surface area contributed by atoms with Gasteiger partial charge in [-0.25, -0.2) is 0 Å². The maximum Gasteiger partial charge on any atom is 0.237 e. The van der Waals surface area contributed by atoms with Crippen LogP contribution in [0.2, 0.25) is 0 Å². The van der Waals surface area contributed by atoms with Gasteiger partial charge in [0.2, 0.25) is 5.91 Å². The van der Waals surface area contributed by atoms with Gasteiger partial charge in [-0.15, -0.1) is 0 Å². The Balaban J connectivity index is 2.82. The topological polar surface area (TPSA) is 67.6 Å². The summed E-state index contributed by atoms with van der Waals surface area (Å²) in [6.07, 6.45) is 3.82. The van der Waals surface area contributed by atoms with Gasteiger partial charge in [0, 0.05) is 19.2 Å². The first-order valence-corrected chi connectivity index (χ1v) is 7.80. The molecule has 0 aromatic carbocycles. The van der Waals surface area contributed by atoms with Crippen molar-refractivity contribution in [1.29, 1.82) is 0 Å². The van der Waals surface area contributed by atoms with Gasteiger partial charge in [0.15, 0.2) is 0 Å². The highest BCUT2D eigenvalue weighted by atomic mass is 16.5. The zero-order valence-corrected chi connectivity index (χ0v) is 13.4. The molecule has 0 saturated heterocycles. The summed E-state index contributed by atoms with van der Waals surface area (Å²) in [5, 5.41) is 3.34. The van der Waals surface area contributed by atoms with E-state index in [-0.39, 0.29) is 5.91 Å². The molecule has 1 fully saturated rings. The Morgan fingerprint density at radius 2 is 2.25 bits per heavy atom. The predicted molar refractivity (Wildman–Crippen MR) is 81.6 cm³/mol. The van der Waals surface area contributed by atoms with Crippen LogP contribution in [-0.2, 0) is 9.53 Å². The Morgan fingerprint density at radius 3 is 2.75 bits per heavy atom. The number of carbonyl (C=O) groups excluding carboxylic acids is 1. The lowest BCUT2D eigenvalue weighted by Gasteiger charge is -2.45. The van der Waals surface area contributed by atoms with Crippen LogP contribution in [0.25, 0.3) is 0 Å². The molecule has 0 bridgehead atoms. The first-order valence-electron chi connectivity index (χ1n) is 7.80. The van der Waals surface area contributed by atoms with Gasteiger partial charge in [0.1, 0.15) is 0 Å². The fourth-order valence-corrected chi connectivity index (χ4v) is 3.61. The number of primary amides is 1. The van der Waals surface area contributed by atoms with Crippen LogP contribution in [0.3, 0.4) is 0 Å². The van der Waals surface area contributed by atoms with Crippen molar-refractivity contribution < 1.29 is 9.53 Å². The van der Waals surface area contributed by atoms with Gasteiger partial charge in [0.25, 0.3) is 0 Å². The largest absolute Gasteiger partial charge is 0.383 e. The lowest BCUT2D eigenvalue weighted by atomic mass is 9.77. The Kier molecular flexibility index (Phi) is 6.92. The van der Waals surface area contributed by atoms with E-state index in [0.717, 1.165) is 45.4 Å². The summed E-state index contributed by atoms with van der Waals surface area (Å²) >= 11 is 0. The van der Waals surface area contributed by atoms with Crippen molar-refractivity contribution in [2.24, 2.45) is 5.73 Å². The fourth-order valence-electron chi connectivity index (χ4n) is 3.61. The van der Waals surface area contributed by atoms with E-state index in [2.05, 4.69) is 24.1 Å². The molecule has 5 heteroatoms. The van der Waals surface area contributed by atoms with E-state index >= 15 is 0 Å². The minimum atomic E-state index is -0.530. The van der Waals surface area contributed by atoms with Gasteiger partial charge in [-0.3, -0.25) is 9.69 Å². The quantitative estimate of drug-likeness (QED) is 0.701. The van der Waals surface area contributed by atoms with Crippen LogP contribution in [0, 0.1) is 0 Å². The molecule has 3 N–H and O–H groups in total. The van der Waals surface area contributed by atoms with Gasteiger partial charge in [-0.05, 0) is 45.7 Å². The second-order valence-corrected chi connectivity index (χ2v) is 5.86. The number of hydrogen-bond donors (Lipinski definition) is 2. The third kappa shape index (κ3) is 3.93. The smallest absolute Gasteiger partial charge is 0.237 e. The van der Waals surface area contributed by atoms with Gasteiger partial charge in [-0.1, -0.05) is 13.8 Å². The van der Waals surface area contributed by atoms with E-state index in [4.69, 9.17) is 10.5 Å². The number of carbonyl (C=O) groups is 1. The maximum atomic E-state index is 11.9. The summed E-state index contributed by atoms with van der Waals surface area (Å²) in [6, 6.07) is 0.755. The number of methoxy groups -OCH3 is 1. The van der Waals surface area contributed by atoms with E-state index in [1.54, 1.807) is 7.11 Å². The van der Waals surface area contributed by atoms with Gasteiger partial charge < -0.3 is 15.8 Å². The van der Waals surface area contributed by atoms with E-state index in [1.807, 2.05) is 6.92 Å². The second-order valence-electron chi connectivity index (χ2n) is 5.86. The van der Waals surface area contributed by atoms with Crippen LogP contribution in [0.4, 0.5) is 0 Å². The van der Waals surface area contributed by atoms with Crippen molar-refractivity contribution in [3.63, 3.8) is 0 Å². The first-order chi connectivity index (χ1) is 9.50. The molecular formula is C15H31N3O2. The maximum absolute atomic E-state index is 11.9. The minimum absolute atomic E-state index is 0.209. The van der Waals surface area contributed by atoms with Crippen molar-refractivity contribution in [3.05, 3.63) is 0 Å². The molecule has 0 spiro atoms. The van der Waals surface area contributed by atoms with Crippen LogP contribution in [0.1, 0.15) is 46.5 Å². The number of ether oxygens (including phenoxy) is 1. The lowest BCUT2D eigenvalue weighted by Crippen LogP contribution is -2.61. The Labute approximate surface area is 123 Å². The van der Waals surface area contributed by atoms with E-state index < -0.39 is 5.54 Å². The van der Waals surface area contributed by atoms with Crippen LogP contribution < -0.4 is 11.1 Å². The van der Waals surface area contributed by atoms with Gasteiger partial charge >= 0.3 is 0 Å². The number of hydrogen-bond acceptors (Lipinski definition) is 4. The molecule has 1 saturated carbocycles. The Hall–Kier alpha value is -0.650. The predicted octanol–water partition coefficient (Wildman–Crippen LogP) is 1.12. The fraction of sp³-hybridized carbons (Fsp3) is 0.933. The Morgan fingerprint density at radius 1 is 1.55 bits per heavy atom. The van der Waals surface area contributed by atoms with Crippen LogP contribution in [0.5, 0.6) is 0 Å².